The number of benzene rings is 2. The lowest BCUT2D eigenvalue weighted by molar-refractivity contribution is 0.102. The highest BCUT2D eigenvalue weighted by molar-refractivity contribution is 6.30. The third kappa shape index (κ3) is 4.09. The van der Waals surface area contributed by atoms with Gasteiger partial charge >= 0.3 is 0 Å². The van der Waals surface area contributed by atoms with Crippen molar-refractivity contribution in [2.75, 3.05) is 23.3 Å². The molecular weight excluding hydrogens is 360 g/mol. The van der Waals surface area contributed by atoms with Gasteiger partial charge < -0.3 is 10.2 Å². The molecule has 0 radical (unpaired) electrons. The second-order valence-electron chi connectivity index (χ2n) is 6.46. The Morgan fingerprint density at radius 2 is 1.67 bits per heavy atom. The quantitative estimate of drug-likeness (QED) is 0.718. The standard InChI is InChI=1S/C21H19ClN4O/c22-16-8-10-17(11-9-16)23-21(27)18-14-19(26-12-4-5-13-26)25-20(24-18)15-6-2-1-3-7-15/h1-3,6-11,14H,4-5,12-13H2,(H,23,27). The van der Waals surface area contributed by atoms with Gasteiger partial charge in [0.15, 0.2) is 5.82 Å². The first-order chi connectivity index (χ1) is 13.2. The molecule has 1 amide bonds. The van der Waals surface area contributed by atoms with Gasteiger partial charge in [-0.2, -0.15) is 0 Å². The molecule has 1 aliphatic heterocycles. The molecular formula is C21H19ClN4O. The van der Waals surface area contributed by atoms with E-state index in [0.717, 1.165) is 37.3 Å². The first-order valence-electron chi connectivity index (χ1n) is 8.95. The van der Waals surface area contributed by atoms with Crippen molar-refractivity contribution in [2.45, 2.75) is 12.8 Å². The van der Waals surface area contributed by atoms with E-state index < -0.39 is 0 Å². The number of nitrogens with one attached hydrogen (secondary N) is 1. The van der Waals surface area contributed by atoms with Crippen LogP contribution >= 0.6 is 11.6 Å². The van der Waals surface area contributed by atoms with Crippen LogP contribution in [0.3, 0.4) is 0 Å². The molecule has 1 N–H and O–H groups in total. The number of carbonyl (C=O) groups excluding carboxylic acids is 1. The highest BCUT2D eigenvalue weighted by atomic mass is 35.5. The van der Waals surface area contributed by atoms with Crippen molar-refractivity contribution in [3.63, 3.8) is 0 Å². The molecule has 1 aromatic heterocycles. The van der Waals surface area contributed by atoms with Gasteiger partial charge in [0, 0.05) is 35.4 Å². The highest BCUT2D eigenvalue weighted by Crippen LogP contribution is 2.24. The molecule has 5 nitrogen and oxygen atoms in total. The summed E-state index contributed by atoms with van der Waals surface area (Å²) in [5.41, 5.74) is 1.91. The van der Waals surface area contributed by atoms with E-state index in [1.807, 2.05) is 30.3 Å². The van der Waals surface area contributed by atoms with Crippen LogP contribution in [0.25, 0.3) is 11.4 Å². The minimum atomic E-state index is -0.266. The summed E-state index contributed by atoms with van der Waals surface area (Å²) >= 11 is 5.91. The van der Waals surface area contributed by atoms with Gasteiger partial charge in [-0.3, -0.25) is 4.79 Å². The van der Waals surface area contributed by atoms with E-state index in [9.17, 15) is 4.79 Å². The fraction of sp³-hybridized carbons (Fsp3) is 0.190. The van der Waals surface area contributed by atoms with Crippen molar-refractivity contribution in [2.24, 2.45) is 0 Å². The molecule has 2 aromatic carbocycles. The van der Waals surface area contributed by atoms with Gasteiger partial charge in [-0.25, -0.2) is 9.97 Å². The Kier molecular flexibility index (Phi) is 5.03. The second kappa shape index (κ2) is 7.76. The highest BCUT2D eigenvalue weighted by Gasteiger charge is 2.19. The van der Waals surface area contributed by atoms with Crippen molar-refractivity contribution in [1.29, 1.82) is 0 Å². The summed E-state index contributed by atoms with van der Waals surface area (Å²) in [5, 5.41) is 3.50. The minimum Gasteiger partial charge on any atom is -0.356 e. The van der Waals surface area contributed by atoms with Crippen molar-refractivity contribution < 1.29 is 4.79 Å². The zero-order chi connectivity index (χ0) is 18.6. The average molecular weight is 379 g/mol. The third-order valence-corrected chi connectivity index (χ3v) is 4.76. The molecule has 4 rings (SSSR count). The van der Waals surface area contributed by atoms with Crippen molar-refractivity contribution in [3.8, 4) is 11.4 Å². The molecule has 0 spiro atoms. The van der Waals surface area contributed by atoms with E-state index in [1.165, 1.54) is 0 Å². The molecule has 1 aliphatic rings. The number of anilines is 2. The van der Waals surface area contributed by atoms with Gasteiger partial charge in [-0.05, 0) is 37.1 Å². The fourth-order valence-electron chi connectivity index (χ4n) is 3.10. The van der Waals surface area contributed by atoms with Crippen LogP contribution in [0, 0.1) is 0 Å². The van der Waals surface area contributed by atoms with Crippen LogP contribution in [0.1, 0.15) is 23.3 Å². The van der Waals surface area contributed by atoms with E-state index in [0.29, 0.717) is 22.2 Å². The lowest BCUT2D eigenvalue weighted by atomic mass is 10.2. The number of rotatable bonds is 4. The second-order valence-corrected chi connectivity index (χ2v) is 6.89. The lowest BCUT2D eigenvalue weighted by Gasteiger charge is -2.18. The Balaban J connectivity index is 1.68. The largest absolute Gasteiger partial charge is 0.356 e. The van der Waals surface area contributed by atoms with Crippen LogP contribution < -0.4 is 10.2 Å². The van der Waals surface area contributed by atoms with Crippen LogP contribution in [0.15, 0.2) is 60.7 Å². The Hall–Kier alpha value is -2.92. The number of nitrogens with zero attached hydrogens (tertiary/aromatic N) is 3. The number of hydrogen-bond donors (Lipinski definition) is 1. The molecule has 0 atom stereocenters. The number of amides is 1. The van der Waals surface area contributed by atoms with Crippen LogP contribution in [0.5, 0.6) is 0 Å². The molecule has 0 saturated carbocycles. The fourth-order valence-corrected chi connectivity index (χ4v) is 3.23. The third-order valence-electron chi connectivity index (χ3n) is 4.51. The summed E-state index contributed by atoms with van der Waals surface area (Å²) in [5.74, 6) is 1.08. The van der Waals surface area contributed by atoms with E-state index in [1.54, 1.807) is 30.3 Å². The van der Waals surface area contributed by atoms with Gasteiger partial charge in [0.05, 0.1) is 0 Å². The molecule has 0 bridgehead atoms. The van der Waals surface area contributed by atoms with Crippen molar-refractivity contribution in [3.05, 3.63) is 71.4 Å². The summed E-state index contributed by atoms with van der Waals surface area (Å²) in [7, 11) is 0. The number of hydrogen-bond acceptors (Lipinski definition) is 4. The molecule has 0 unspecified atom stereocenters. The van der Waals surface area contributed by atoms with Gasteiger partial charge in [-0.15, -0.1) is 0 Å². The predicted octanol–water partition coefficient (Wildman–Crippen LogP) is 4.65. The normalized spacial score (nSPS) is 13.6. The number of halogens is 1. The average Bonchev–Trinajstić information content (AvgIpc) is 3.25. The van der Waals surface area contributed by atoms with Crippen molar-refractivity contribution >= 4 is 29.0 Å². The van der Waals surface area contributed by atoms with Crippen LogP contribution in [0.4, 0.5) is 11.5 Å². The molecule has 1 saturated heterocycles. The summed E-state index contributed by atoms with van der Waals surface area (Å²) < 4.78 is 0. The van der Waals surface area contributed by atoms with Crippen molar-refractivity contribution in [1.82, 2.24) is 9.97 Å². The Bertz CT molecular complexity index is 938. The first-order valence-corrected chi connectivity index (χ1v) is 9.33. The van der Waals surface area contributed by atoms with E-state index in [-0.39, 0.29) is 5.91 Å². The predicted molar refractivity (Wildman–Crippen MR) is 108 cm³/mol. The maximum atomic E-state index is 12.8. The zero-order valence-electron chi connectivity index (χ0n) is 14.7. The van der Waals surface area contributed by atoms with Gasteiger partial charge in [0.25, 0.3) is 5.91 Å². The Labute approximate surface area is 163 Å². The summed E-state index contributed by atoms with van der Waals surface area (Å²) in [6.07, 6.45) is 2.27. The topological polar surface area (TPSA) is 58.1 Å². The lowest BCUT2D eigenvalue weighted by Crippen LogP contribution is -2.22. The monoisotopic (exact) mass is 378 g/mol. The van der Waals surface area contributed by atoms with E-state index in [4.69, 9.17) is 16.6 Å². The summed E-state index contributed by atoms with van der Waals surface area (Å²) in [6, 6.07) is 18.5. The van der Waals surface area contributed by atoms with E-state index in [2.05, 4.69) is 15.2 Å². The number of aromatic nitrogens is 2. The van der Waals surface area contributed by atoms with Crippen LogP contribution in [0.2, 0.25) is 5.02 Å². The molecule has 1 fully saturated rings. The van der Waals surface area contributed by atoms with Crippen LogP contribution in [-0.2, 0) is 0 Å². The smallest absolute Gasteiger partial charge is 0.274 e. The summed E-state index contributed by atoms with van der Waals surface area (Å²) in [6.45, 7) is 1.90. The maximum Gasteiger partial charge on any atom is 0.274 e. The van der Waals surface area contributed by atoms with E-state index >= 15 is 0 Å². The summed E-state index contributed by atoms with van der Waals surface area (Å²) in [4.78, 5) is 24.2. The molecule has 27 heavy (non-hydrogen) atoms. The SMILES string of the molecule is O=C(Nc1ccc(Cl)cc1)c1cc(N2CCCC2)nc(-c2ccccc2)n1. The zero-order valence-corrected chi connectivity index (χ0v) is 15.5. The van der Waals surface area contributed by atoms with Gasteiger partial charge in [0.1, 0.15) is 11.5 Å². The molecule has 0 aliphatic carbocycles. The minimum absolute atomic E-state index is 0.266. The maximum absolute atomic E-state index is 12.8. The molecule has 136 valence electrons. The Morgan fingerprint density at radius 3 is 2.37 bits per heavy atom. The molecule has 3 aromatic rings. The molecule has 6 heteroatoms. The molecule has 2 heterocycles. The number of carbonyl (C=O) groups is 1. The van der Waals surface area contributed by atoms with Gasteiger partial charge in [0.2, 0.25) is 0 Å². The first kappa shape index (κ1) is 17.5. The Morgan fingerprint density at radius 1 is 0.963 bits per heavy atom. The van der Waals surface area contributed by atoms with Gasteiger partial charge in [-0.1, -0.05) is 41.9 Å². The van der Waals surface area contributed by atoms with Crippen LogP contribution in [-0.4, -0.2) is 29.0 Å².